The molecule has 3 aromatic rings. The topological polar surface area (TPSA) is 116 Å². The Morgan fingerprint density at radius 3 is 2.75 bits per heavy atom. The fraction of sp³-hybridized carbons (Fsp3) is 0.250. The standard InChI is InChI=1S/C20H20N6O3S3/c1-20(13-6-3-2-4-7-13)16(28)26(18(29)22-20)25-15(27)12-31-19-24-23-17(32-19)21-10-9-14-8-5-11-30-14/h2-8,11H,9-10,12H2,1H3,(H,21,23)(H,22,29)(H,25,27). The van der Waals surface area contributed by atoms with Crippen molar-refractivity contribution in [1.82, 2.24) is 25.9 Å². The summed E-state index contributed by atoms with van der Waals surface area (Å²) in [5.74, 6) is -1.04. The van der Waals surface area contributed by atoms with E-state index < -0.39 is 23.4 Å². The maximum absolute atomic E-state index is 12.8. The van der Waals surface area contributed by atoms with Gasteiger partial charge in [-0.05, 0) is 30.4 Å². The molecule has 1 aliphatic heterocycles. The van der Waals surface area contributed by atoms with Crippen LogP contribution in [0.3, 0.4) is 0 Å². The summed E-state index contributed by atoms with van der Waals surface area (Å²) in [6.45, 7) is 2.35. The Balaban J connectivity index is 1.26. The number of anilines is 1. The fourth-order valence-corrected chi connectivity index (χ4v) is 5.36. The number of hydrogen-bond acceptors (Lipinski definition) is 9. The molecule has 1 aliphatic rings. The van der Waals surface area contributed by atoms with Crippen molar-refractivity contribution in [2.24, 2.45) is 0 Å². The number of nitrogens with one attached hydrogen (secondary N) is 3. The third-order valence-corrected chi connectivity index (χ3v) is 7.69. The highest BCUT2D eigenvalue weighted by molar-refractivity contribution is 8.01. The largest absolute Gasteiger partial charge is 0.360 e. The van der Waals surface area contributed by atoms with Gasteiger partial charge in [0.1, 0.15) is 5.54 Å². The summed E-state index contributed by atoms with van der Waals surface area (Å²) in [5, 5.41) is 17.4. The van der Waals surface area contributed by atoms with E-state index in [1.807, 2.05) is 17.5 Å². The number of rotatable bonds is 9. The van der Waals surface area contributed by atoms with Crippen LogP contribution >= 0.6 is 34.4 Å². The SMILES string of the molecule is CC1(c2ccccc2)NC(=O)N(NC(=O)CSc2nnc(NCCc3cccs3)s2)C1=O. The molecule has 4 rings (SSSR count). The molecule has 3 N–H and O–H groups in total. The number of imide groups is 1. The molecule has 166 valence electrons. The number of benzene rings is 1. The molecule has 0 aliphatic carbocycles. The molecule has 32 heavy (non-hydrogen) atoms. The number of thiophene rings is 1. The van der Waals surface area contributed by atoms with Crippen molar-refractivity contribution < 1.29 is 14.4 Å². The van der Waals surface area contributed by atoms with E-state index >= 15 is 0 Å². The van der Waals surface area contributed by atoms with E-state index in [4.69, 9.17) is 0 Å². The number of aromatic nitrogens is 2. The quantitative estimate of drug-likeness (QED) is 0.313. The summed E-state index contributed by atoms with van der Waals surface area (Å²) in [4.78, 5) is 38.8. The van der Waals surface area contributed by atoms with E-state index in [1.165, 1.54) is 28.0 Å². The van der Waals surface area contributed by atoms with Crippen LogP contribution in [0.25, 0.3) is 0 Å². The summed E-state index contributed by atoms with van der Waals surface area (Å²) in [6, 6.07) is 12.3. The first-order valence-electron chi connectivity index (χ1n) is 9.70. The fourth-order valence-electron chi connectivity index (χ4n) is 3.08. The van der Waals surface area contributed by atoms with Gasteiger partial charge in [-0.25, -0.2) is 4.79 Å². The molecule has 2 aromatic heterocycles. The predicted molar refractivity (Wildman–Crippen MR) is 124 cm³/mol. The molecule has 1 saturated heterocycles. The van der Waals surface area contributed by atoms with Gasteiger partial charge in [0.15, 0.2) is 4.34 Å². The third kappa shape index (κ3) is 4.92. The Bertz CT molecular complexity index is 1110. The number of hydrazine groups is 1. The van der Waals surface area contributed by atoms with Gasteiger partial charge < -0.3 is 10.6 Å². The van der Waals surface area contributed by atoms with Crippen LogP contribution in [-0.2, 0) is 21.5 Å². The van der Waals surface area contributed by atoms with Crippen LogP contribution in [0.1, 0.15) is 17.4 Å². The molecule has 0 bridgehead atoms. The van der Waals surface area contributed by atoms with Crippen LogP contribution < -0.4 is 16.1 Å². The first-order valence-corrected chi connectivity index (χ1v) is 12.4. The van der Waals surface area contributed by atoms with Crippen LogP contribution in [0.15, 0.2) is 52.2 Å². The van der Waals surface area contributed by atoms with Crippen molar-refractivity contribution >= 4 is 57.4 Å². The first-order chi connectivity index (χ1) is 15.5. The second-order valence-corrected chi connectivity index (χ2v) is 10.2. The van der Waals surface area contributed by atoms with Gasteiger partial charge >= 0.3 is 6.03 Å². The highest BCUT2D eigenvalue weighted by Crippen LogP contribution is 2.28. The van der Waals surface area contributed by atoms with Gasteiger partial charge in [0, 0.05) is 11.4 Å². The number of carbonyl (C=O) groups excluding carboxylic acids is 3. The molecular formula is C20H20N6O3S3. The molecule has 12 heteroatoms. The molecule has 4 amide bonds. The lowest BCUT2D eigenvalue weighted by Gasteiger charge is -2.22. The van der Waals surface area contributed by atoms with Crippen LogP contribution in [-0.4, -0.2) is 45.3 Å². The van der Waals surface area contributed by atoms with Gasteiger partial charge in [-0.1, -0.05) is 59.5 Å². The molecule has 0 radical (unpaired) electrons. The van der Waals surface area contributed by atoms with E-state index in [1.54, 1.807) is 42.5 Å². The highest BCUT2D eigenvalue weighted by atomic mass is 32.2. The Morgan fingerprint density at radius 1 is 1.19 bits per heavy atom. The Morgan fingerprint density at radius 2 is 2.00 bits per heavy atom. The van der Waals surface area contributed by atoms with Crippen LogP contribution in [0.2, 0.25) is 0 Å². The maximum atomic E-state index is 12.8. The van der Waals surface area contributed by atoms with Crippen molar-refractivity contribution in [3.63, 3.8) is 0 Å². The first kappa shape index (κ1) is 22.2. The van der Waals surface area contributed by atoms with Gasteiger partial charge in [-0.15, -0.1) is 21.5 Å². The average molecular weight is 489 g/mol. The molecule has 1 fully saturated rings. The molecule has 1 aromatic carbocycles. The zero-order valence-electron chi connectivity index (χ0n) is 17.0. The molecule has 1 unspecified atom stereocenters. The van der Waals surface area contributed by atoms with Crippen molar-refractivity contribution in [3.05, 3.63) is 58.3 Å². The smallest absolute Gasteiger partial charge is 0.344 e. The number of carbonyl (C=O) groups is 3. The summed E-state index contributed by atoms with van der Waals surface area (Å²) in [6.07, 6.45) is 0.899. The minimum absolute atomic E-state index is 0.0110. The van der Waals surface area contributed by atoms with E-state index in [2.05, 4.69) is 32.3 Å². The average Bonchev–Trinajstić information content (AvgIpc) is 3.52. The Kier molecular flexibility index (Phi) is 6.72. The van der Waals surface area contributed by atoms with E-state index in [-0.39, 0.29) is 5.75 Å². The number of urea groups is 1. The number of hydrogen-bond donors (Lipinski definition) is 3. The molecule has 0 spiro atoms. The highest BCUT2D eigenvalue weighted by Gasteiger charge is 2.49. The molecule has 0 saturated carbocycles. The lowest BCUT2D eigenvalue weighted by molar-refractivity contribution is -0.138. The second kappa shape index (κ2) is 9.67. The lowest BCUT2D eigenvalue weighted by atomic mass is 9.92. The summed E-state index contributed by atoms with van der Waals surface area (Å²) < 4.78 is 0.616. The van der Waals surface area contributed by atoms with Crippen molar-refractivity contribution in [2.45, 2.75) is 23.2 Å². The molecular weight excluding hydrogens is 468 g/mol. The van der Waals surface area contributed by atoms with Gasteiger partial charge in [0.25, 0.3) is 5.91 Å². The Hall–Kier alpha value is -2.96. The molecule has 9 nitrogen and oxygen atoms in total. The summed E-state index contributed by atoms with van der Waals surface area (Å²) in [5.41, 5.74) is 1.79. The van der Waals surface area contributed by atoms with Crippen LogP contribution in [0.5, 0.6) is 0 Å². The summed E-state index contributed by atoms with van der Waals surface area (Å²) >= 11 is 4.24. The minimum atomic E-state index is -1.23. The van der Waals surface area contributed by atoms with Crippen LogP contribution in [0.4, 0.5) is 9.93 Å². The van der Waals surface area contributed by atoms with Crippen molar-refractivity contribution in [3.8, 4) is 0 Å². The normalized spacial score (nSPS) is 18.0. The summed E-state index contributed by atoms with van der Waals surface area (Å²) in [7, 11) is 0. The zero-order valence-corrected chi connectivity index (χ0v) is 19.5. The second-order valence-electron chi connectivity index (χ2n) is 7.01. The Labute approximate surface area is 196 Å². The van der Waals surface area contributed by atoms with Crippen molar-refractivity contribution in [2.75, 3.05) is 17.6 Å². The third-order valence-electron chi connectivity index (χ3n) is 4.74. The van der Waals surface area contributed by atoms with Gasteiger partial charge in [-0.3, -0.25) is 15.0 Å². The van der Waals surface area contributed by atoms with E-state index in [9.17, 15) is 14.4 Å². The van der Waals surface area contributed by atoms with Gasteiger partial charge in [-0.2, -0.15) is 5.01 Å². The van der Waals surface area contributed by atoms with Gasteiger partial charge in [0.2, 0.25) is 11.0 Å². The number of nitrogens with zero attached hydrogens (tertiary/aromatic N) is 3. The lowest BCUT2D eigenvalue weighted by Crippen LogP contribution is -2.48. The zero-order chi connectivity index (χ0) is 22.6. The van der Waals surface area contributed by atoms with E-state index in [0.29, 0.717) is 15.0 Å². The maximum Gasteiger partial charge on any atom is 0.344 e. The van der Waals surface area contributed by atoms with Crippen LogP contribution in [0, 0.1) is 0 Å². The molecule has 1 atom stereocenters. The monoisotopic (exact) mass is 488 g/mol. The van der Waals surface area contributed by atoms with Crippen molar-refractivity contribution in [1.29, 1.82) is 0 Å². The predicted octanol–water partition coefficient (Wildman–Crippen LogP) is 2.84. The van der Waals surface area contributed by atoms with Gasteiger partial charge in [0.05, 0.1) is 5.75 Å². The number of thioether (sulfide) groups is 1. The minimum Gasteiger partial charge on any atom is -0.360 e. The molecule has 3 heterocycles. The van der Waals surface area contributed by atoms with E-state index in [0.717, 1.165) is 18.0 Å². The number of amides is 4.